The fourth-order valence-corrected chi connectivity index (χ4v) is 2.83. The van der Waals surface area contributed by atoms with Gasteiger partial charge in [-0.2, -0.15) is 5.10 Å². The molecule has 0 aliphatic heterocycles. The van der Waals surface area contributed by atoms with Crippen molar-refractivity contribution in [3.8, 4) is 11.4 Å². The standard InChI is InChI=1S/C13H18N4O3S/c1-10(6-8-20-2)21(18,19)17-12-9-15-16-13(12)11-5-3-4-7-14-11/h3-5,7,9-10,17H,6,8H2,1-2H3,(H,15,16)/t10-/m1/s1. The summed E-state index contributed by atoms with van der Waals surface area (Å²) < 4.78 is 32.0. The molecule has 0 fully saturated rings. The van der Waals surface area contributed by atoms with Crippen LogP contribution >= 0.6 is 0 Å². The van der Waals surface area contributed by atoms with Gasteiger partial charge in [-0.1, -0.05) is 6.07 Å². The van der Waals surface area contributed by atoms with Gasteiger partial charge >= 0.3 is 0 Å². The monoisotopic (exact) mass is 310 g/mol. The van der Waals surface area contributed by atoms with Gasteiger partial charge in [0.05, 0.1) is 22.8 Å². The molecule has 114 valence electrons. The summed E-state index contributed by atoms with van der Waals surface area (Å²) in [4.78, 5) is 4.18. The fraction of sp³-hybridized carbons (Fsp3) is 0.385. The number of ether oxygens (including phenoxy) is 1. The second-order valence-corrected chi connectivity index (χ2v) is 6.71. The molecule has 2 N–H and O–H groups in total. The zero-order valence-electron chi connectivity index (χ0n) is 11.9. The molecule has 21 heavy (non-hydrogen) atoms. The molecule has 8 heteroatoms. The Morgan fingerprint density at radius 2 is 2.24 bits per heavy atom. The van der Waals surface area contributed by atoms with Crippen LogP contribution in [0.2, 0.25) is 0 Å². The second kappa shape index (κ2) is 6.68. The molecule has 0 saturated carbocycles. The van der Waals surface area contributed by atoms with E-state index < -0.39 is 15.3 Å². The van der Waals surface area contributed by atoms with Crippen molar-refractivity contribution in [1.82, 2.24) is 15.2 Å². The Kier molecular flexibility index (Phi) is 4.92. The SMILES string of the molecule is COCC[C@@H](C)S(=O)(=O)Nc1cn[nH]c1-c1ccccn1. The van der Waals surface area contributed by atoms with Gasteiger partial charge in [-0.3, -0.25) is 14.8 Å². The molecule has 2 aromatic heterocycles. The third kappa shape index (κ3) is 3.79. The molecule has 2 aromatic rings. The first-order valence-electron chi connectivity index (χ1n) is 6.50. The van der Waals surface area contributed by atoms with E-state index in [0.717, 1.165) is 0 Å². The van der Waals surface area contributed by atoms with E-state index in [-0.39, 0.29) is 0 Å². The third-order valence-electron chi connectivity index (χ3n) is 3.07. The van der Waals surface area contributed by atoms with Gasteiger partial charge in [0, 0.05) is 19.9 Å². The Morgan fingerprint density at radius 3 is 2.90 bits per heavy atom. The van der Waals surface area contributed by atoms with Crippen LogP contribution < -0.4 is 4.72 Å². The first kappa shape index (κ1) is 15.5. The van der Waals surface area contributed by atoms with E-state index in [0.29, 0.717) is 30.1 Å². The number of aromatic nitrogens is 3. The zero-order valence-corrected chi connectivity index (χ0v) is 12.7. The summed E-state index contributed by atoms with van der Waals surface area (Å²) in [5, 5.41) is 6.08. The third-order valence-corrected chi connectivity index (χ3v) is 4.87. The van der Waals surface area contributed by atoms with E-state index in [9.17, 15) is 8.42 Å². The lowest BCUT2D eigenvalue weighted by Crippen LogP contribution is -2.26. The van der Waals surface area contributed by atoms with Crippen molar-refractivity contribution in [2.75, 3.05) is 18.4 Å². The number of sulfonamides is 1. The Balaban J connectivity index is 2.19. The highest BCUT2D eigenvalue weighted by molar-refractivity contribution is 7.93. The number of nitrogens with one attached hydrogen (secondary N) is 2. The summed E-state index contributed by atoms with van der Waals surface area (Å²) in [6, 6.07) is 5.39. The number of H-pyrrole nitrogens is 1. The van der Waals surface area contributed by atoms with Crippen LogP contribution in [0.3, 0.4) is 0 Å². The fourth-order valence-electron chi connectivity index (χ4n) is 1.76. The van der Waals surface area contributed by atoms with Crippen molar-refractivity contribution in [3.63, 3.8) is 0 Å². The lowest BCUT2D eigenvalue weighted by molar-refractivity contribution is 0.194. The number of methoxy groups -OCH3 is 1. The summed E-state index contributed by atoms with van der Waals surface area (Å²) >= 11 is 0. The van der Waals surface area contributed by atoms with Gasteiger partial charge in [0.2, 0.25) is 10.0 Å². The van der Waals surface area contributed by atoms with Crippen LogP contribution in [0.5, 0.6) is 0 Å². The number of hydrogen-bond donors (Lipinski definition) is 2. The smallest absolute Gasteiger partial charge is 0.235 e. The molecule has 0 aromatic carbocycles. The summed E-state index contributed by atoms with van der Waals surface area (Å²) in [6.45, 7) is 2.03. The predicted octanol–water partition coefficient (Wildman–Crippen LogP) is 1.64. The second-order valence-electron chi connectivity index (χ2n) is 4.61. The molecular formula is C13H18N4O3S. The molecule has 0 saturated heterocycles. The maximum atomic E-state index is 12.3. The first-order chi connectivity index (χ1) is 10.0. The normalized spacial score (nSPS) is 13.0. The summed E-state index contributed by atoms with van der Waals surface area (Å²) in [7, 11) is -1.96. The maximum absolute atomic E-state index is 12.3. The molecular weight excluding hydrogens is 292 g/mol. The predicted molar refractivity (Wildman–Crippen MR) is 80.3 cm³/mol. The topological polar surface area (TPSA) is 97.0 Å². The number of pyridine rings is 1. The molecule has 2 rings (SSSR count). The minimum Gasteiger partial charge on any atom is -0.385 e. The molecule has 0 aliphatic carbocycles. The molecule has 1 atom stereocenters. The number of nitrogens with zero attached hydrogens (tertiary/aromatic N) is 2. The molecule has 0 spiro atoms. The number of aromatic amines is 1. The maximum Gasteiger partial charge on any atom is 0.235 e. The van der Waals surface area contributed by atoms with Gasteiger partial charge in [0.15, 0.2) is 0 Å². The van der Waals surface area contributed by atoms with Gasteiger partial charge in [0.25, 0.3) is 0 Å². The lowest BCUT2D eigenvalue weighted by Gasteiger charge is -2.14. The van der Waals surface area contributed by atoms with Gasteiger partial charge < -0.3 is 4.74 Å². The van der Waals surface area contributed by atoms with Crippen molar-refractivity contribution in [1.29, 1.82) is 0 Å². The van der Waals surface area contributed by atoms with Crippen LogP contribution in [0.25, 0.3) is 11.4 Å². The van der Waals surface area contributed by atoms with Crippen LogP contribution in [0.4, 0.5) is 5.69 Å². The van der Waals surface area contributed by atoms with Crippen LogP contribution in [0.1, 0.15) is 13.3 Å². The lowest BCUT2D eigenvalue weighted by atomic mass is 10.2. The highest BCUT2D eigenvalue weighted by Gasteiger charge is 2.22. The van der Waals surface area contributed by atoms with Crippen molar-refractivity contribution in [3.05, 3.63) is 30.6 Å². The highest BCUT2D eigenvalue weighted by Crippen LogP contribution is 2.25. The van der Waals surface area contributed by atoms with Crippen LogP contribution in [0.15, 0.2) is 30.6 Å². The Hall–Kier alpha value is -1.93. The van der Waals surface area contributed by atoms with Crippen molar-refractivity contribution < 1.29 is 13.2 Å². The largest absolute Gasteiger partial charge is 0.385 e. The molecule has 7 nitrogen and oxygen atoms in total. The number of rotatable bonds is 7. The Bertz CT molecular complexity index is 670. The number of anilines is 1. The molecule has 0 radical (unpaired) electrons. The summed E-state index contributed by atoms with van der Waals surface area (Å²) in [5.74, 6) is 0. The van der Waals surface area contributed by atoms with Gasteiger partial charge in [-0.15, -0.1) is 0 Å². The summed E-state index contributed by atoms with van der Waals surface area (Å²) in [6.07, 6.45) is 3.49. The van der Waals surface area contributed by atoms with Crippen LogP contribution in [-0.2, 0) is 14.8 Å². The van der Waals surface area contributed by atoms with Crippen LogP contribution in [-0.4, -0.2) is 42.6 Å². The minimum atomic E-state index is -3.50. The highest BCUT2D eigenvalue weighted by atomic mass is 32.2. The van der Waals surface area contributed by atoms with Crippen molar-refractivity contribution >= 4 is 15.7 Å². The van der Waals surface area contributed by atoms with Gasteiger partial charge in [-0.05, 0) is 25.5 Å². The number of hydrogen-bond acceptors (Lipinski definition) is 5. The average molecular weight is 310 g/mol. The van der Waals surface area contributed by atoms with Crippen molar-refractivity contribution in [2.24, 2.45) is 0 Å². The molecule has 0 unspecified atom stereocenters. The van der Waals surface area contributed by atoms with E-state index >= 15 is 0 Å². The Labute approximate surface area is 123 Å². The molecule has 0 aliphatic rings. The van der Waals surface area contributed by atoms with E-state index in [1.807, 2.05) is 6.07 Å². The average Bonchev–Trinajstić information content (AvgIpc) is 2.93. The first-order valence-corrected chi connectivity index (χ1v) is 8.04. The van der Waals surface area contributed by atoms with Crippen molar-refractivity contribution in [2.45, 2.75) is 18.6 Å². The Morgan fingerprint density at radius 1 is 1.43 bits per heavy atom. The molecule has 0 amide bonds. The summed E-state index contributed by atoms with van der Waals surface area (Å²) in [5.41, 5.74) is 1.55. The minimum absolute atomic E-state index is 0.387. The van der Waals surface area contributed by atoms with E-state index in [1.165, 1.54) is 6.20 Å². The molecule has 0 bridgehead atoms. The zero-order chi connectivity index (χ0) is 15.3. The van der Waals surface area contributed by atoms with E-state index in [2.05, 4.69) is 19.9 Å². The van der Waals surface area contributed by atoms with Gasteiger partial charge in [-0.25, -0.2) is 8.42 Å². The van der Waals surface area contributed by atoms with E-state index in [4.69, 9.17) is 4.74 Å². The molecule has 2 heterocycles. The van der Waals surface area contributed by atoms with Crippen LogP contribution in [0, 0.1) is 0 Å². The quantitative estimate of drug-likeness (QED) is 0.810. The van der Waals surface area contributed by atoms with E-state index in [1.54, 1.807) is 32.4 Å². The van der Waals surface area contributed by atoms with Gasteiger partial charge in [0.1, 0.15) is 5.69 Å².